The third-order valence-electron chi connectivity index (χ3n) is 2.44. The Kier molecular flexibility index (Phi) is 7.64. The first-order chi connectivity index (χ1) is 8.79. The monoisotopic (exact) mass is 251 g/mol. The first-order valence-electron chi connectivity index (χ1n) is 6.33. The van der Waals surface area contributed by atoms with Gasteiger partial charge in [0, 0.05) is 6.61 Å². The average molecular weight is 251 g/mol. The number of ether oxygens (including phenoxy) is 2. The predicted octanol–water partition coefficient (Wildman–Crippen LogP) is 2.13. The van der Waals surface area contributed by atoms with Gasteiger partial charge in [0.15, 0.2) is 0 Å². The molecule has 0 atom stereocenters. The summed E-state index contributed by atoms with van der Waals surface area (Å²) in [6.07, 6.45) is 4.17. The smallest absolute Gasteiger partial charge is 0.243 e. The Morgan fingerprint density at radius 3 is 2.33 bits per heavy atom. The van der Waals surface area contributed by atoms with Crippen LogP contribution < -0.4 is 10.5 Å². The van der Waals surface area contributed by atoms with E-state index in [-0.39, 0.29) is 6.61 Å². The van der Waals surface area contributed by atoms with E-state index in [1.54, 1.807) is 0 Å². The molecule has 2 N–H and O–H groups in total. The highest BCUT2D eigenvalue weighted by atomic mass is 16.5. The maximum absolute atomic E-state index is 10.4. The second-order valence-corrected chi connectivity index (χ2v) is 4.09. The number of para-hydroxylation sites is 1. The summed E-state index contributed by atoms with van der Waals surface area (Å²) >= 11 is 0. The van der Waals surface area contributed by atoms with Gasteiger partial charge in [-0.2, -0.15) is 0 Å². The van der Waals surface area contributed by atoms with Crippen molar-refractivity contribution in [1.29, 1.82) is 0 Å². The minimum atomic E-state index is -0.411. The number of primary amides is 1. The van der Waals surface area contributed by atoms with Crippen LogP contribution in [0.25, 0.3) is 0 Å². The van der Waals surface area contributed by atoms with Gasteiger partial charge in [-0.05, 0) is 31.4 Å². The lowest BCUT2D eigenvalue weighted by Crippen LogP contribution is -2.18. The van der Waals surface area contributed by atoms with Crippen molar-refractivity contribution in [3.63, 3.8) is 0 Å². The largest absolute Gasteiger partial charge is 0.494 e. The molecule has 0 radical (unpaired) electrons. The van der Waals surface area contributed by atoms with Gasteiger partial charge < -0.3 is 15.2 Å². The number of hydrogen-bond acceptors (Lipinski definition) is 3. The standard InChI is InChI=1S/C14H21NO3/c15-14(16)12-17-10-6-1-2-7-11-18-13-8-4-3-5-9-13/h3-5,8-9H,1-2,6-7,10-12H2,(H2,15,16). The molecule has 1 amide bonds. The summed E-state index contributed by atoms with van der Waals surface area (Å²) in [6.45, 7) is 1.37. The Hall–Kier alpha value is -1.55. The van der Waals surface area contributed by atoms with E-state index in [1.807, 2.05) is 30.3 Å². The van der Waals surface area contributed by atoms with Gasteiger partial charge >= 0.3 is 0 Å². The van der Waals surface area contributed by atoms with E-state index in [9.17, 15) is 4.79 Å². The molecule has 0 spiro atoms. The number of amides is 1. The molecule has 0 fully saturated rings. The zero-order valence-corrected chi connectivity index (χ0v) is 10.6. The average Bonchev–Trinajstić information content (AvgIpc) is 2.37. The molecule has 0 saturated carbocycles. The summed E-state index contributed by atoms with van der Waals surface area (Å²) in [5, 5.41) is 0. The van der Waals surface area contributed by atoms with Crippen LogP contribution in [0, 0.1) is 0 Å². The molecular weight excluding hydrogens is 230 g/mol. The Balaban J connectivity index is 1.86. The van der Waals surface area contributed by atoms with Crippen LogP contribution in [0.15, 0.2) is 30.3 Å². The highest BCUT2D eigenvalue weighted by Gasteiger charge is 1.95. The molecular formula is C14H21NO3. The lowest BCUT2D eigenvalue weighted by Gasteiger charge is -2.05. The molecule has 0 aliphatic carbocycles. The maximum atomic E-state index is 10.4. The molecule has 0 heterocycles. The maximum Gasteiger partial charge on any atom is 0.243 e. The lowest BCUT2D eigenvalue weighted by molar-refractivity contribution is -0.122. The van der Waals surface area contributed by atoms with Crippen molar-refractivity contribution in [2.75, 3.05) is 19.8 Å². The van der Waals surface area contributed by atoms with Gasteiger partial charge in [-0.25, -0.2) is 0 Å². The van der Waals surface area contributed by atoms with Gasteiger partial charge in [-0.15, -0.1) is 0 Å². The van der Waals surface area contributed by atoms with Crippen LogP contribution in [-0.4, -0.2) is 25.7 Å². The number of benzene rings is 1. The molecule has 0 unspecified atom stereocenters. The number of carbonyl (C=O) groups is 1. The van der Waals surface area contributed by atoms with Gasteiger partial charge in [0.05, 0.1) is 6.61 Å². The SMILES string of the molecule is NC(=O)COCCCCCCOc1ccccc1. The molecule has 18 heavy (non-hydrogen) atoms. The second-order valence-electron chi connectivity index (χ2n) is 4.09. The van der Waals surface area contributed by atoms with Crippen molar-refractivity contribution in [2.45, 2.75) is 25.7 Å². The predicted molar refractivity (Wildman–Crippen MR) is 70.4 cm³/mol. The highest BCUT2D eigenvalue weighted by Crippen LogP contribution is 2.09. The second kappa shape index (κ2) is 9.48. The number of carbonyl (C=O) groups excluding carboxylic acids is 1. The molecule has 4 heteroatoms. The molecule has 1 rings (SSSR count). The van der Waals surface area contributed by atoms with Crippen LogP contribution in [0.3, 0.4) is 0 Å². The van der Waals surface area contributed by atoms with Gasteiger partial charge in [0.1, 0.15) is 12.4 Å². The van der Waals surface area contributed by atoms with E-state index in [0.29, 0.717) is 6.61 Å². The molecule has 1 aromatic carbocycles. The fraction of sp³-hybridized carbons (Fsp3) is 0.500. The van der Waals surface area contributed by atoms with Crippen LogP contribution in [0.4, 0.5) is 0 Å². The van der Waals surface area contributed by atoms with Crippen molar-refractivity contribution in [3.8, 4) is 5.75 Å². The lowest BCUT2D eigenvalue weighted by atomic mass is 10.2. The van der Waals surface area contributed by atoms with Gasteiger partial charge in [0.2, 0.25) is 5.91 Å². The van der Waals surface area contributed by atoms with Crippen molar-refractivity contribution >= 4 is 5.91 Å². The Bertz CT molecular complexity index is 327. The van der Waals surface area contributed by atoms with Crippen molar-refractivity contribution < 1.29 is 14.3 Å². The summed E-state index contributed by atoms with van der Waals surface area (Å²) in [4.78, 5) is 10.4. The molecule has 0 saturated heterocycles. The fourth-order valence-electron chi connectivity index (χ4n) is 1.54. The van der Waals surface area contributed by atoms with Crippen molar-refractivity contribution in [2.24, 2.45) is 5.73 Å². The zero-order chi connectivity index (χ0) is 13.1. The minimum Gasteiger partial charge on any atom is -0.494 e. The molecule has 0 bridgehead atoms. The summed E-state index contributed by atoms with van der Waals surface area (Å²) in [5.41, 5.74) is 4.95. The summed E-state index contributed by atoms with van der Waals surface area (Å²) in [5.74, 6) is 0.508. The van der Waals surface area contributed by atoms with E-state index < -0.39 is 5.91 Å². The van der Waals surface area contributed by atoms with E-state index in [2.05, 4.69) is 0 Å². The number of hydrogen-bond donors (Lipinski definition) is 1. The normalized spacial score (nSPS) is 10.2. The number of unbranched alkanes of at least 4 members (excludes halogenated alkanes) is 3. The van der Waals surface area contributed by atoms with E-state index in [1.165, 1.54) is 0 Å². The molecule has 0 aromatic heterocycles. The van der Waals surface area contributed by atoms with Crippen LogP contribution >= 0.6 is 0 Å². The van der Waals surface area contributed by atoms with Crippen LogP contribution in [0.2, 0.25) is 0 Å². The highest BCUT2D eigenvalue weighted by molar-refractivity contribution is 5.74. The Morgan fingerprint density at radius 2 is 1.67 bits per heavy atom. The first-order valence-corrected chi connectivity index (χ1v) is 6.33. The fourth-order valence-corrected chi connectivity index (χ4v) is 1.54. The van der Waals surface area contributed by atoms with E-state index in [0.717, 1.165) is 38.0 Å². The van der Waals surface area contributed by atoms with E-state index >= 15 is 0 Å². The van der Waals surface area contributed by atoms with Crippen LogP contribution in [0.5, 0.6) is 5.75 Å². The van der Waals surface area contributed by atoms with E-state index in [4.69, 9.17) is 15.2 Å². The van der Waals surface area contributed by atoms with Gasteiger partial charge in [-0.1, -0.05) is 24.6 Å². The minimum absolute atomic E-state index is 0.0249. The Labute approximate surface area is 108 Å². The van der Waals surface area contributed by atoms with Gasteiger partial charge in [0.25, 0.3) is 0 Å². The first kappa shape index (κ1) is 14.5. The topological polar surface area (TPSA) is 61.6 Å². The van der Waals surface area contributed by atoms with Crippen molar-refractivity contribution in [1.82, 2.24) is 0 Å². The number of rotatable bonds is 10. The molecule has 4 nitrogen and oxygen atoms in total. The molecule has 0 aliphatic rings. The summed E-state index contributed by atoms with van der Waals surface area (Å²) < 4.78 is 10.6. The quantitative estimate of drug-likeness (QED) is 0.648. The molecule has 100 valence electrons. The number of nitrogens with two attached hydrogens (primary N) is 1. The van der Waals surface area contributed by atoms with Crippen molar-refractivity contribution in [3.05, 3.63) is 30.3 Å². The van der Waals surface area contributed by atoms with Crippen LogP contribution in [-0.2, 0) is 9.53 Å². The third kappa shape index (κ3) is 7.68. The zero-order valence-electron chi connectivity index (χ0n) is 10.6. The molecule has 1 aromatic rings. The summed E-state index contributed by atoms with van der Waals surface area (Å²) in [6, 6.07) is 9.81. The summed E-state index contributed by atoms with van der Waals surface area (Å²) in [7, 11) is 0. The van der Waals surface area contributed by atoms with Crippen LogP contribution in [0.1, 0.15) is 25.7 Å². The Morgan fingerprint density at radius 1 is 1.00 bits per heavy atom. The third-order valence-corrected chi connectivity index (χ3v) is 2.44. The molecule has 0 aliphatic heterocycles. The van der Waals surface area contributed by atoms with Gasteiger partial charge in [-0.3, -0.25) is 4.79 Å².